The molecule has 0 saturated carbocycles. The predicted molar refractivity (Wildman–Crippen MR) is 96.2 cm³/mol. The van der Waals surface area contributed by atoms with Gasteiger partial charge in [0.05, 0.1) is 6.42 Å². The maximum atomic E-state index is 12.7. The second-order valence-corrected chi connectivity index (χ2v) is 9.66. The van der Waals surface area contributed by atoms with Crippen LogP contribution in [0.5, 0.6) is 0 Å². The van der Waals surface area contributed by atoms with Crippen LogP contribution in [0.4, 0.5) is 0 Å². The molecule has 3 rings (SSSR count). The van der Waals surface area contributed by atoms with E-state index >= 15 is 0 Å². The molecule has 10 heteroatoms. The molecule has 1 fully saturated rings. The van der Waals surface area contributed by atoms with Gasteiger partial charge in [0.2, 0.25) is 11.8 Å². The molecule has 3 heterocycles. The topological polar surface area (TPSA) is 105 Å². The largest absolute Gasteiger partial charge is 0.344 e. The number of carbonyl (C=O) groups is 1. The Morgan fingerprint density at radius 3 is 2.73 bits per heavy atom. The van der Waals surface area contributed by atoms with E-state index in [1.54, 1.807) is 26.0 Å². The van der Waals surface area contributed by atoms with Crippen molar-refractivity contribution < 1.29 is 17.7 Å². The highest BCUT2D eigenvalue weighted by Crippen LogP contribution is 2.27. The van der Waals surface area contributed by atoms with Gasteiger partial charge in [0.25, 0.3) is 10.0 Å². The highest BCUT2D eigenvalue weighted by atomic mass is 32.2. The van der Waals surface area contributed by atoms with Gasteiger partial charge in [0.15, 0.2) is 5.82 Å². The maximum absolute atomic E-state index is 12.7. The first-order chi connectivity index (χ1) is 12.4. The highest BCUT2D eigenvalue weighted by Gasteiger charge is 2.27. The number of sulfonamides is 1. The molecule has 0 radical (unpaired) electrons. The molecule has 0 aromatic carbocycles. The zero-order chi connectivity index (χ0) is 18.7. The van der Waals surface area contributed by atoms with Crippen molar-refractivity contribution in [3.05, 3.63) is 28.7 Å². The van der Waals surface area contributed by atoms with Gasteiger partial charge < -0.3 is 9.84 Å². The number of hydrogen-bond donors (Lipinski definition) is 1. The number of aryl methyl sites for hydroxylation is 1. The monoisotopic (exact) mass is 398 g/mol. The Morgan fingerprint density at radius 1 is 1.35 bits per heavy atom. The fourth-order valence-electron chi connectivity index (χ4n) is 2.83. The van der Waals surface area contributed by atoms with Gasteiger partial charge in [-0.3, -0.25) is 4.79 Å². The van der Waals surface area contributed by atoms with Gasteiger partial charge >= 0.3 is 0 Å². The van der Waals surface area contributed by atoms with E-state index in [1.165, 1.54) is 4.31 Å². The number of nitrogens with zero attached hydrogens (tertiary/aromatic N) is 3. The van der Waals surface area contributed by atoms with Crippen molar-refractivity contribution in [3.63, 3.8) is 0 Å². The van der Waals surface area contributed by atoms with Gasteiger partial charge in [0.1, 0.15) is 10.3 Å². The Kier molecular flexibility index (Phi) is 5.73. The minimum atomic E-state index is -3.45. The Bertz CT molecular complexity index is 868. The Morgan fingerprint density at radius 2 is 2.08 bits per heavy atom. The average molecular weight is 399 g/mol. The summed E-state index contributed by atoms with van der Waals surface area (Å²) in [7, 11) is -3.45. The van der Waals surface area contributed by atoms with Crippen LogP contribution < -0.4 is 5.32 Å². The fourth-order valence-corrected chi connectivity index (χ4v) is 5.85. The molecule has 0 bridgehead atoms. The first-order valence-corrected chi connectivity index (χ1v) is 10.8. The molecule has 1 amide bonds. The summed E-state index contributed by atoms with van der Waals surface area (Å²) in [5, 5.41) is 6.48. The number of thiophene rings is 1. The van der Waals surface area contributed by atoms with Crippen LogP contribution in [0, 0.1) is 6.92 Å². The molecule has 1 unspecified atom stereocenters. The summed E-state index contributed by atoms with van der Waals surface area (Å²) < 4.78 is 32.2. The quantitative estimate of drug-likeness (QED) is 0.798. The number of hydrogen-bond acceptors (Lipinski definition) is 7. The normalized spacial score (nSPS) is 17.2. The van der Waals surface area contributed by atoms with Crippen LogP contribution >= 0.6 is 11.3 Å². The number of piperidine rings is 1. The van der Waals surface area contributed by atoms with E-state index in [0.29, 0.717) is 33.9 Å². The van der Waals surface area contributed by atoms with Crippen LogP contribution in [0.2, 0.25) is 0 Å². The van der Waals surface area contributed by atoms with E-state index in [0.717, 1.165) is 30.6 Å². The number of carbonyl (C=O) groups excluding carboxylic acids is 1. The molecule has 0 spiro atoms. The lowest BCUT2D eigenvalue weighted by molar-refractivity contribution is -0.121. The molecule has 26 heavy (non-hydrogen) atoms. The van der Waals surface area contributed by atoms with Crippen molar-refractivity contribution in [2.24, 2.45) is 0 Å². The summed E-state index contributed by atoms with van der Waals surface area (Å²) in [6.45, 7) is 4.59. The number of rotatable bonds is 6. The zero-order valence-electron chi connectivity index (χ0n) is 14.8. The molecule has 1 aliphatic heterocycles. The van der Waals surface area contributed by atoms with E-state index < -0.39 is 16.1 Å². The Balaban J connectivity index is 1.61. The van der Waals surface area contributed by atoms with Crippen LogP contribution in [-0.4, -0.2) is 41.9 Å². The highest BCUT2D eigenvalue weighted by molar-refractivity contribution is 7.91. The number of aromatic nitrogens is 2. The Hall–Kier alpha value is -1.78. The summed E-state index contributed by atoms with van der Waals surface area (Å²) in [6, 6.07) is 2.88. The molecule has 1 aliphatic rings. The third-order valence-electron chi connectivity index (χ3n) is 4.17. The number of nitrogens with one attached hydrogen (secondary N) is 1. The van der Waals surface area contributed by atoms with Gasteiger partial charge in [-0.15, -0.1) is 11.3 Å². The smallest absolute Gasteiger partial charge is 0.252 e. The van der Waals surface area contributed by atoms with Crippen LogP contribution in [0.25, 0.3) is 0 Å². The van der Waals surface area contributed by atoms with Gasteiger partial charge in [-0.1, -0.05) is 11.6 Å². The third kappa shape index (κ3) is 4.30. The minimum Gasteiger partial charge on any atom is -0.344 e. The van der Waals surface area contributed by atoms with Crippen molar-refractivity contribution in [2.75, 3.05) is 13.1 Å². The molecular formula is C16H22N4O4S2. The first-order valence-electron chi connectivity index (χ1n) is 8.54. The summed E-state index contributed by atoms with van der Waals surface area (Å²) in [6.07, 6.45) is 2.97. The van der Waals surface area contributed by atoms with Crippen molar-refractivity contribution in [3.8, 4) is 0 Å². The first kappa shape index (κ1) is 19.0. The van der Waals surface area contributed by atoms with Crippen LogP contribution in [0.1, 0.15) is 48.8 Å². The lowest BCUT2D eigenvalue weighted by Gasteiger charge is -2.25. The third-order valence-corrected chi connectivity index (χ3v) is 7.62. The van der Waals surface area contributed by atoms with E-state index in [-0.39, 0.29) is 12.3 Å². The van der Waals surface area contributed by atoms with E-state index in [4.69, 9.17) is 4.52 Å². The van der Waals surface area contributed by atoms with Crippen molar-refractivity contribution in [1.82, 2.24) is 19.8 Å². The lowest BCUT2D eigenvalue weighted by atomic mass is 10.2. The molecule has 142 valence electrons. The van der Waals surface area contributed by atoms with Crippen molar-refractivity contribution >= 4 is 27.3 Å². The second kappa shape index (κ2) is 7.85. The molecule has 2 aromatic rings. The van der Waals surface area contributed by atoms with Gasteiger partial charge in [-0.05, 0) is 38.8 Å². The fraction of sp³-hybridized carbons (Fsp3) is 0.562. The standard InChI is InChI=1S/C16H22N4O4S2/c1-11(16-18-12(2)19-24-16)17-14(21)10-13-6-7-15(25-13)26(22,23)20-8-4-3-5-9-20/h6-7,11H,3-5,8-10H2,1-2H3,(H,17,21). The minimum absolute atomic E-state index is 0.109. The van der Waals surface area contributed by atoms with Gasteiger partial charge in [-0.2, -0.15) is 9.29 Å². The summed E-state index contributed by atoms with van der Waals surface area (Å²) >= 11 is 1.15. The maximum Gasteiger partial charge on any atom is 0.252 e. The predicted octanol–water partition coefficient (Wildman–Crippen LogP) is 2.03. The molecule has 1 saturated heterocycles. The van der Waals surface area contributed by atoms with Crippen LogP contribution in [0.3, 0.4) is 0 Å². The zero-order valence-corrected chi connectivity index (χ0v) is 16.4. The molecule has 8 nitrogen and oxygen atoms in total. The molecule has 2 aromatic heterocycles. The van der Waals surface area contributed by atoms with Crippen LogP contribution in [-0.2, 0) is 21.2 Å². The summed E-state index contributed by atoms with van der Waals surface area (Å²) in [4.78, 5) is 17.0. The van der Waals surface area contributed by atoms with Crippen molar-refractivity contribution in [1.29, 1.82) is 0 Å². The van der Waals surface area contributed by atoms with E-state index in [9.17, 15) is 13.2 Å². The summed E-state index contributed by atoms with van der Waals surface area (Å²) in [5.41, 5.74) is 0. The van der Waals surface area contributed by atoms with Gasteiger partial charge in [0, 0.05) is 18.0 Å². The summed E-state index contributed by atoms with van der Waals surface area (Å²) in [5.74, 6) is 0.624. The molecule has 1 atom stereocenters. The molecule has 0 aliphatic carbocycles. The van der Waals surface area contributed by atoms with Crippen molar-refractivity contribution in [2.45, 2.75) is 49.8 Å². The molecule has 1 N–H and O–H groups in total. The van der Waals surface area contributed by atoms with Crippen LogP contribution in [0.15, 0.2) is 20.9 Å². The average Bonchev–Trinajstić information content (AvgIpc) is 3.25. The second-order valence-electron chi connectivity index (χ2n) is 6.33. The molecular weight excluding hydrogens is 376 g/mol. The van der Waals surface area contributed by atoms with Gasteiger partial charge in [-0.25, -0.2) is 8.42 Å². The van der Waals surface area contributed by atoms with E-state index in [1.807, 2.05) is 0 Å². The SMILES string of the molecule is Cc1noc(C(C)NC(=O)Cc2ccc(S(=O)(=O)N3CCCCC3)s2)n1. The Labute approximate surface area is 156 Å². The number of amides is 1. The van der Waals surface area contributed by atoms with E-state index in [2.05, 4.69) is 15.5 Å². The lowest BCUT2D eigenvalue weighted by Crippen LogP contribution is -2.35.